The van der Waals surface area contributed by atoms with Crippen molar-refractivity contribution in [2.75, 3.05) is 6.26 Å². The fourth-order valence-electron chi connectivity index (χ4n) is 1.93. The van der Waals surface area contributed by atoms with Gasteiger partial charge in [0.15, 0.2) is 0 Å². The highest BCUT2D eigenvalue weighted by Crippen LogP contribution is 2.30. The molecule has 1 heterocycles. The summed E-state index contributed by atoms with van der Waals surface area (Å²) in [6.45, 7) is 0. The van der Waals surface area contributed by atoms with Crippen LogP contribution < -0.4 is 0 Å². The van der Waals surface area contributed by atoms with Crippen LogP contribution in [-0.4, -0.2) is 19.7 Å². The molecule has 0 saturated heterocycles. The average molecular weight is 471 g/mol. The molecule has 23 heavy (non-hydrogen) atoms. The van der Waals surface area contributed by atoms with Gasteiger partial charge in [0.2, 0.25) is 0 Å². The Hall–Kier alpha value is -0.900. The molecule has 0 aliphatic heterocycles. The number of hydrogen-bond donors (Lipinski definition) is 0. The first kappa shape index (κ1) is 18.4. The van der Waals surface area contributed by atoms with Crippen LogP contribution in [0.5, 0.6) is 0 Å². The van der Waals surface area contributed by atoms with E-state index < -0.39 is 27.9 Å². The third-order valence-corrected chi connectivity index (χ3v) is 4.55. The third kappa shape index (κ3) is 5.30. The summed E-state index contributed by atoms with van der Waals surface area (Å²) in [7, 11) is -3.81. The summed E-state index contributed by atoms with van der Waals surface area (Å²) in [5.41, 5.74) is 0.405. The first-order valence-electron chi connectivity index (χ1n) is 6.30. The van der Waals surface area contributed by atoms with Gasteiger partial charge in [-0.15, -0.1) is 0 Å². The summed E-state index contributed by atoms with van der Waals surface area (Å²) in [6, 6.07) is 6.39. The summed E-state index contributed by atoms with van der Waals surface area (Å²) in [6.07, 6.45) is -0.287. The lowest BCUT2D eigenvalue weighted by atomic mass is 10.0. The summed E-state index contributed by atoms with van der Waals surface area (Å²) in [5, 5.41) is 0. The normalized spacial score (nSPS) is 13.1. The molecule has 0 bridgehead atoms. The van der Waals surface area contributed by atoms with Crippen LogP contribution in [0.25, 0.3) is 0 Å². The lowest BCUT2D eigenvalue weighted by molar-refractivity contribution is 0.208. The topological polar surface area (TPSA) is 56.3 Å². The molecule has 1 atom stereocenters. The van der Waals surface area contributed by atoms with E-state index in [9.17, 15) is 17.2 Å². The van der Waals surface area contributed by atoms with Crippen LogP contribution in [0.4, 0.5) is 8.78 Å². The molecule has 0 amide bonds. The van der Waals surface area contributed by atoms with Gasteiger partial charge in [0.25, 0.3) is 10.1 Å². The van der Waals surface area contributed by atoms with Crippen molar-refractivity contribution in [3.05, 3.63) is 62.3 Å². The Bertz CT molecular complexity index is 831. The van der Waals surface area contributed by atoms with Gasteiger partial charge in [0, 0.05) is 17.0 Å². The molecule has 2 aromatic rings. The average Bonchev–Trinajstić information content (AvgIpc) is 2.42. The molecule has 1 aromatic carbocycles. The van der Waals surface area contributed by atoms with Crippen molar-refractivity contribution in [3.63, 3.8) is 0 Å². The highest BCUT2D eigenvalue weighted by atomic mass is 79.9. The van der Waals surface area contributed by atoms with Crippen molar-refractivity contribution in [2.24, 2.45) is 0 Å². The Morgan fingerprint density at radius 1 is 1.22 bits per heavy atom. The second-order valence-electron chi connectivity index (χ2n) is 4.73. The maximum absolute atomic E-state index is 13.9. The predicted molar refractivity (Wildman–Crippen MR) is 88.4 cm³/mol. The maximum atomic E-state index is 13.9. The van der Waals surface area contributed by atoms with Gasteiger partial charge < -0.3 is 0 Å². The van der Waals surface area contributed by atoms with Crippen molar-refractivity contribution >= 4 is 42.0 Å². The van der Waals surface area contributed by atoms with Gasteiger partial charge in [-0.25, -0.2) is 13.8 Å². The van der Waals surface area contributed by atoms with E-state index in [4.69, 9.17) is 4.18 Å². The number of aromatic nitrogens is 1. The first-order valence-corrected chi connectivity index (χ1v) is 9.70. The zero-order chi connectivity index (χ0) is 17.2. The highest BCUT2D eigenvalue weighted by molar-refractivity contribution is 9.11. The van der Waals surface area contributed by atoms with Gasteiger partial charge in [-0.2, -0.15) is 8.42 Å². The van der Waals surface area contributed by atoms with E-state index in [-0.39, 0.29) is 17.7 Å². The van der Waals surface area contributed by atoms with Gasteiger partial charge in [0.1, 0.15) is 22.3 Å². The van der Waals surface area contributed by atoms with Crippen molar-refractivity contribution < 1.29 is 21.4 Å². The van der Waals surface area contributed by atoms with E-state index in [1.807, 2.05) is 0 Å². The fourth-order valence-corrected chi connectivity index (χ4v) is 3.31. The molecule has 9 heteroatoms. The lowest BCUT2D eigenvalue weighted by Gasteiger charge is -2.18. The molecule has 2 rings (SSSR count). The van der Waals surface area contributed by atoms with Crippen LogP contribution in [-0.2, 0) is 20.7 Å². The monoisotopic (exact) mass is 469 g/mol. The SMILES string of the molecule is CS(=O)(=O)OC(Cc1ccc(F)cc1F)c1nc(Br)ccc1Br. The minimum atomic E-state index is -3.81. The predicted octanol–water partition coefficient (Wildman–Crippen LogP) is 4.14. The molecule has 0 N–H and O–H groups in total. The Morgan fingerprint density at radius 3 is 2.52 bits per heavy atom. The van der Waals surface area contributed by atoms with Crippen molar-refractivity contribution in [2.45, 2.75) is 12.5 Å². The zero-order valence-electron chi connectivity index (χ0n) is 11.8. The Morgan fingerprint density at radius 2 is 1.91 bits per heavy atom. The van der Waals surface area contributed by atoms with Crippen LogP contribution in [0.15, 0.2) is 39.4 Å². The van der Waals surface area contributed by atoms with E-state index >= 15 is 0 Å². The Kier molecular flexibility index (Phi) is 5.88. The first-order chi connectivity index (χ1) is 10.7. The van der Waals surface area contributed by atoms with Crippen LogP contribution in [0.3, 0.4) is 0 Å². The summed E-state index contributed by atoms with van der Waals surface area (Å²) in [4.78, 5) is 4.18. The molecule has 0 radical (unpaired) electrons. The summed E-state index contributed by atoms with van der Waals surface area (Å²) < 4.78 is 55.9. The molecule has 0 spiro atoms. The summed E-state index contributed by atoms with van der Waals surface area (Å²) in [5.74, 6) is -1.49. The number of rotatable bonds is 5. The molecule has 124 valence electrons. The minimum absolute atomic E-state index is 0.119. The number of nitrogens with zero attached hydrogens (tertiary/aromatic N) is 1. The molecular weight excluding hydrogens is 460 g/mol. The molecule has 0 aliphatic carbocycles. The third-order valence-electron chi connectivity index (χ3n) is 2.86. The van der Waals surface area contributed by atoms with E-state index in [1.165, 1.54) is 6.07 Å². The standard InChI is InChI=1S/C14H11Br2F2NO3S/c1-23(20,21)22-12(14-10(15)4-5-13(16)19-14)6-8-2-3-9(17)7-11(8)18/h2-5,7,12H,6H2,1H3. The van der Waals surface area contributed by atoms with Gasteiger partial charge in [-0.05, 0) is 55.6 Å². The second-order valence-corrected chi connectivity index (χ2v) is 8.00. The molecular formula is C14H11Br2F2NO3S. The van der Waals surface area contributed by atoms with Crippen molar-refractivity contribution in [1.82, 2.24) is 4.98 Å². The van der Waals surface area contributed by atoms with Crippen LogP contribution >= 0.6 is 31.9 Å². The molecule has 1 aromatic heterocycles. The quantitative estimate of drug-likeness (QED) is 0.486. The van der Waals surface area contributed by atoms with Crippen LogP contribution in [0, 0.1) is 11.6 Å². The smallest absolute Gasteiger partial charge is 0.260 e. The number of hydrogen-bond acceptors (Lipinski definition) is 4. The number of halogens is 4. The van der Waals surface area contributed by atoms with E-state index in [2.05, 4.69) is 36.8 Å². The fraction of sp³-hybridized carbons (Fsp3) is 0.214. The van der Waals surface area contributed by atoms with Crippen LogP contribution in [0.1, 0.15) is 17.4 Å². The maximum Gasteiger partial charge on any atom is 0.265 e. The van der Waals surface area contributed by atoms with E-state index in [0.29, 0.717) is 9.08 Å². The largest absolute Gasteiger partial charge is 0.265 e. The number of pyridine rings is 1. The van der Waals surface area contributed by atoms with Gasteiger partial charge in [-0.1, -0.05) is 6.07 Å². The van der Waals surface area contributed by atoms with Crippen molar-refractivity contribution in [1.29, 1.82) is 0 Å². The molecule has 0 fully saturated rings. The minimum Gasteiger partial charge on any atom is -0.260 e. The van der Waals surface area contributed by atoms with E-state index in [0.717, 1.165) is 18.4 Å². The van der Waals surface area contributed by atoms with Gasteiger partial charge in [-0.3, -0.25) is 4.18 Å². The Balaban J connectivity index is 2.44. The summed E-state index contributed by atoms with van der Waals surface area (Å²) >= 11 is 6.46. The molecule has 4 nitrogen and oxygen atoms in total. The lowest BCUT2D eigenvalue weighted by Crippen LogP contribution is -2.15. The van der Waals surface area contributed by atoms with Gasteiger partial charge >= 0.3 is 0 Å². The van der Waals surface area contributed by atoms with Gasteiger partial charge in [0.05, 0.1) is 11.9 Å². The molecule has 0 aliphatic rings. The zero-order valence-corrected chi connectivity index (χ0v) is 15.8. The number of benzene rings is 1. The molecule has 1 unspecified atom stereocenters. The Labute approximate surface area is 149 Å². The van der Waals surface area contributed by atoms with Crippen LogP contribution in [0.2, 0.25) is 0 Å². The molecule has 0 saturated carbocycles. The van der Waals surface area contributed by atoms with Crippen molar-refractivity contribution in [3.8, 4) is 0 Å². The highest BCUT2D eigenvalue weighted by Gasteiger charge is 2.24. The second kappa shape index (κ2) is 7.33. The van der Waals surface area contributed by atoms with E-state index in [1.54, 1.807) is 12.1 Å².